The van der Waals surface area contributed by atoms with Crippen LogP contribution < -0.4 is 16.8 Å². The summed E-state index contributed by atoms with van der Waals surface area (Å²) in [5.41, 5.74) is 12.2. The van der Waals surface area contributed by atoms with Gasteiger partial charge in [0.05, 0.1) is 0 Å². The van der Waals surface area contributed by atoms with E-state index in [-0.39, 0.29) is 0 Å². The fraction of sp³-hybridized carbons (Fsp3) is 0.200. The van der Waals surface area contributed by atoms with Crippen LogP contribution in [0.1, 0.15) is 12.5 Å². The molecule has 0 aliphatic carbocycles. The molecule has 0 fully saturated rings. The predicted octanol–water partition coefficient (Wildman–Crippen LogP) is 1.37. The van der Waals surface area contributed by atoms with E-state index in [9.17, 15) is 4.79 Å². The number of hydrogen-bond donors (Lipinski definition) is 3. The molecule has 86 valence electrons. The fourth-order valence-corrected chi connectivity index (χ4v) is 1.71. The van der Waals surface area contributed by atoms with Gasteiger partial charge in [-0.15, -0.1) is 0 Å². The lowest BCUT2D eigenvalue weighted by Gasteiger charge is -2.13. The summed E-state index contributed by atoms with van der Waals surface area (Å²) in [6.07, 6.45) is 0. The molecular weight excluding hydrogens is 290 g/mol. The van der Waals surface area contributed by atoms with Crippen LogP contribution in [0.25, 0.3) is 0 Å². The molecular formula is C10H12BrN3OS. The van der Waals surface area contributed by atoms with Crippen LogP contribution in [0.15, 0.2) is 22.7 Å². The van der Waals surface area contributed by atoms with E-state index in [1.54, 1.807) is 25.1 Å². The normalized spacial score (nSPS) is 11.9. The van der Waals surface area contributed by atoms with Gasteiger partial charge < -0.3 is 16.8 Å². The van der Waals surface area contributed by atoms with Crippen LogP contribution in [0.3, 0.4) is 0 Å². The van der Waals surface area contributed by atoms with Gasteiger partial charge in [0.25, 0.3) is 0 Å². The number of primary amides is 1. The number of halogens is 1. The van der Waals surface area contributed by atoms with Crippen LogP contribution in [0.5, 0.6) is 0 Å². The van der Waals surface area contributed by atoms with Crippen LogP contribution in [0, 0.1) is 0 Å². The van der Waals surface area contributed by atoms with E-state index in [0.717, 1.165) is 15.7 Å². The number of carbonyl (C=O) groups excluding carboxylic acids is 1. The summed E-state index contributed by atoms with van der Waals surface area (Å²) in [6, 6.07) is 4.92. The number of nitrogens with one attached hydrogen (secondary N) is 1. The quantitative estimate of drug-likeness (QED) is 0.734. The predicted molar refractivity (Wildman–Crippen MR) is 72.3 cm³/mol. The average molecular weight is 302 g/mol. The van der Waals surface area contributed by atoms with E-state index in [1.807, 2.05) is 0 Å². The van der Waals surface area contributed by atoms with Gasteiger partial charge in [-0.25, -0.2) is 0 Å². The number of hydrogen-bond acceptors (Lipinski definition) is 3. The topological polar surface area (TPSA) is 81.1 Å². The largest absolute Gasteiger partial charge is 0.389 e. The van der Waals surface area contributed by atoms with Crippen LogP contribution in [0.2, 0.25) is 0 Å². The second-order valence-electron chi connectivity index (χ2n) is 3.33. The first-order valence-corrected chi connectivity index (χ1v) is 5.77. The highest BCUT2D eigenvalue weighted by Gasteiger charge is 2.10. The minimum Gasteiger partial charge on any atom is -0.389 e. The molecule has 1 rings (SSSR count). The summed E-state index contributed by atoms with van der Waals surface area (Å²) in [7, 11) is 0. The molecule has 0 heterocycles. The monoisotopic (exact) mass is 301 g/mol. The van der Waals surface area contributed by atoms with E-state index < -0.39 is 11.9 Å². The molecule has 0 aromatic heterocycles. The zero-order chi connectivity index (χ0) is 12.3. The summed E-state index contributed by atoms with van der Waals surface area (Å²) in [4.78, 5) is 11.2. The SMILES string of the molecule is CC(Nc1ccc(C(N)=S)cc1Br)C(N)=O. The first-order chi connectivity index (χ1) is 7.41. The Morgan fingerprint density at radius 1 is 1.50 bits per heavy atom. The summed E-state index contributed by atoms with van der Waals surface area (Å²) in [6.45, 7) is 1.69. The molecule has 0 aliphatic heterocycles. The Morgan fingerprint density at radius 3 is 2.56 bits per heavy atom. The minimum atomic E-state index is -0.438. The molecule has 1 amide bonds. The number of rotatable bonds is 4. The van der Waals surface area contributed by atoms with E-state index in [2.05, 4.69) is 21.2 Å². The van der Waals surface area contributed by atoms with Crippen molar-refractivity contribution in [3.05, 3.63) is 28.2 Å². The number of amides is 1. The molecule has 1 aromatic carbocycles. The van der Waals surface area contributed by atoms with Gasteiger partial charge in [0.15, 0.2) is 0 Å². The molecule has 0 bridgehead atoms. The second-order valence-corrected chi connectivity index (χ2v) is 4.62. The number of nitrogens with two attached hydrogens (primary N) is 2. The third kappa shape index (κ3) is 3.18. The molecule has 0 radical (unpaired) electrons. The van der Waals surface area contributed by atoms with E-state index in [1.165, 1.54) is 0 Å². The first kappa shape index (κ1) is 12.9. The van der Waals surface area contributed by atoms with Crippen LogP contribution in [0.4, 0.5) is 5.69 Å². The Hall–Kier alpha value is -1.14. The highest BCUT2D eigenvalue weighted by molar-refractivity contribution is 9.10. The van der Waals surface area contributed by atoms with Gasteiger partial charge in [0, 0.05) is 15.7 Å². The third-order valence-corrected chi connectivity index (χ3v) is 2.94. The number of carbonyl (C=O) groups is 1. The van der Waals surface area contributed by atoms with Crippen LogP contribution in [-0.2, 0) is 4.79 Å². The van der Waals surface area contributed by atoms with Gasteiger partial charge in [0.1, 0.15) is 11.0 Å². The molecule has 1 unspecified atom stereocenters. The molecule has 1 atom stereocenters. The molecule has 0 spiro atoms. The van der Waals surface area contributed by atoms with Crippen molar-refractivity contribution in [3.8, 4) is 0 Å². The molecule has 0 saturated heterocycles. The molecule has 4 nitrogen and oxygen atoms in total. The Labute approximate surface area is 108 Å². The van der Waals surface area contributed by atoms with Gasteiger partial charge in [-0.3, -0.25) is 4.79 Å². The lowest BCUT2D eigenvalue weighted by atomic mass is 10.2. The summed E-state index contributed by atoms with van der Waals surface area (Å²) < 4.78 is 0.783. The van der Waals surface area contributed by atoms with Crippen LogP contribution in [-0.4, -0.2) is 16.9 Å². The van der Waals surface area contributed by atoms with Crippen molar-refractivity contribution in [2.45, 2.75) is 13.0 Å². The van der Waals surface area contributed by atoms with Gasteiger partial charge in [-0.1, -0.05) is 12.2 Å². The maximum absolute atomic E-state index is 10.9. The first-order valence-electron chi connectivity index (χ1n) is 4.57. The standard InChI is InChI=1S/C10H12BrN3OS/c1-5(9(12)15)14-8-3-2-6(10(13)16)4-7(8)11/h2-5,14H,1H3,(H2,12,15)(H2,13,16). The number of benzene rings is 1. The highest BCUT2D eigenvalue weighted by Crippen LogP contribution is 2.24. The fourth-order valence-electron chi connectivity index (χ4n) is 1.09. The Kier molecular flexibility index (Phi) is 4.26. The second kappa shape index (κ2) is 5.27. The van der Waals surface area contributed by atoms with Gasteiger partial charge in [-0.05, 0) is 41.1 Å². The van der Waals surface area contributed by atoms with Crippen molar-refractivity contribution in [1.29, 1.82) is 0 Å². The Morgan fingerprint density at radius 2 is 2.12 bits per heavy atom. The summed E-state index contributed by atoms with van der Waals surface area (Å²) in [5, 5.41) is 2.97. The Bertz CT molecular complexity index is 436. The molecule has 0 saturated carbocycles. The molecule has 0 aliphatic rings. The third-order valence-electron chi connectivity index (χ3n) is 2.05. The van der Waals surface area contributed by atoms with Gasteiger partial charge in [-0.2, -0.15) is 0 Å². The van der Waals surface area contributed by atoms with Gasteiger partial charge >= 0.3 is 0 Å². The van der Waals surface area contributed by atoms with Crippen molar-refractivity contribution >= 4 is 44.7 Å². The van der Waals surface area contributed by atoms with E-state index in [0.29, 0.717) is 4.99 Å². The maximum atomic E-state index is 10.9. The van der Waals surface area contributed by atoms with Crippen molar-refractivity contribution in [2.24, 2.45) is 11.5 Å². The lowest BCUT2D eigenvalue weighted by Crippen LogP contribution is -2.32. The van der Waals surface area contributed by atoms with E-state index >= 15 is 0 Å². The number of anilines is 1. The molecule has 16 heavy (non-hydrogen) atoms. The molecule has 6 heteroatoms. The average Bonchev–Trinajstić information content (AvgIpc) is 2.20. The lowest BCUT2D eigenvalue weighted by molar-refractivity contribution is -0.118. The van der Waals surface area contributed by atoms with Crippen molar-refractivity contribution in [3.63, 3.8) is 0 Å². The van der Waals surface area contributed by atoms with Gasteiger partial charge in [0.2, 0.25) is 5.91 Å². The maximum Gasteiger partial charge on any atom is 0.239 e. The summed E-state index contributed by atoms with van der Waals surface area (Å²) in [5.74, 6) is -0.412. The summed E-state index contributed by atoms with van der Waals surface area (Å²) >= 11 is 8.22. The zero-order valence-electron chi connectivity index (χ0n) is 8.66. The smallest absolute Gasteiger partial charge is 0.239 e. The van der Waals surface area contributed by atoms with Crippen molar-refractivity contribution in [1.82, 2.24) is 0 Å². The number of thiocarbonyl (C=S) groups is 1. The van der Waals surface area contributed by atoms with E-state index in [4.69, 9.17) is 23.7 Å². The van der Waals surface area contributed by atoms with Crippen molar-refractivity contribution in [2.75, 3.05) is 5.32 Å². The highest BCUT2D eigenvalue weighted by atomic mass is 79.9. The minimum absolute atomic E-state index is 0.329. The Balaban J connectivity index is 2.91. The van der Waals surface area contributed by atoms with Crippen molar-refractivity contribution < 1.29 is 4.79 Å². The molecule has 1 aromatic rings. The molecule has 5 N–H and O–H groups in total. The zero-order valence-corrected chi connectivity index (χ0v) is 11.1. The van der Waals surface area contributed by atoms with Crippen LogP contribution >= 0.6 is 28.1 Å².